The SMILES string of the molecule is CC1=CC(C)=NC(c2ccc(C)cc2)N1Cc1ccc(C)cc1. The minimum Gasteiger partial charge on any atom is -0.345 e. The standard InChI is InChI=1S/C21H24N2/c1-15-5-9-19(10-6-15)14-23-18(4)13-17(3)22-21(23)20-11-7-16(2)8-12-20/h5-13,21H,14H2,1-4H3. The second-order valence-corrected chi connectivity index (χ2v) is 6.45. The van der Waals surface area contributed by atoms with Crippen molar-refractivity contribution in [3.05, 3.63) is 82.6 Å². The molecular formula is C21H24N2. The van der Waals surface area contributed by atoms with Gasteiger partial charge in [0.05, 0.1) is 0 Å². The number of aryl methyl sites for hydroxylation is 2. The molecule has 1 aliphatic heterocycles. The van der Waals surface area contributed by atoms with Gasteiger partial charge >= 0.3 is 0 Å². The maximum absolute atomic E-state index is 4.89. The van der Waals surface area contributed by atoms with Crippen molar-refractivity contribution in [1.29, 1.82) is 0 Å². The Kier molecular flexibility index (Phi) is 4.33. The van der Waals surface area contributed by atoms with E-state index in [0.29, 0.717) is 0 Å². The highest BCUT2D eigenvalue weighted by Gasteiger charge is 2.23. The lowest BCUT2D eigenvalue weighted by Crippen LogP contribution is -2.29. The van der Waals surface area contributed by atoms with Gasteiger partial charge in [0.25, 0.3) is 0 Å². The van der Waals surface area contributed by atoms with Crippen molar-refractivity contribution in [3.8, 4) is 0 Å². The van der Waals surface area contributed by atoms with Crippen LogP contribution in [0.4, 0.5) is 0 Å². The predicted molar refractivity (Wildman–Crippen MR) is 97.5 cm³/mol. The lowest BCUT2D eigenvalue weighted by Gasteiger charge is -2.35. The van der Waals surface area contributed by atoms with E-state index in [1.807, 2.05) is 0 Å². The van der Waals surface area contributed by atoms with Gasteiger partial charge in [-0.1, -0.05) is 59.7 Å². The Labute approximate surface area is 139 Å². The molecule has 0 amide bonds. The molecule has 1 heterocycles. The van der Waals surface area contributed by atoms with Crippen molar-refractivity contribution < 1.29 is 0 Å². The van der Waals surface area contributed by atoms with Crippen LogP contribution in [0, 0.1) is 13.8 Å². The third kappa shape index (κ3) is 3.53. The van der Waals surface area contributed by atoms with Gasteiger partial charge in [-0.3, -0.25) is 4.99 Å². The van der Waals surface area contributed by atoms with Crippen LogP contribution in [0.1, 0.15) is 42.3 Å². The van der Waals surface area contributed by atoms with Gasteiger partial charge in [-0.2, -0.15) is 0 Å². The Balaban J connectivity index is 1.92. The Morgan fingerprint density at radius 2 is 1.39 bits per heavy atom. The molecule has 0 fully saturated rings. The molecular weight excluding hydrogens is 280 g/mol. The minimum atomic E-state index is 0.0573. The summed E-state index contributed by atoms with van der Waals surface area (Å²) in [6.07, 6.45) is 2.22. The molecule has 0 N–H and O–H groups in total. The first kappa shape index (κ1) is 15.5. The molecule has 0 aromatic heterocycles. The Morgan fingerprint density at radius 3 is 2.00 bits per heavy atom. The first-order valence-corrected chi connectivity index (χ1v) is 8.14. The zero-order valence-corrected chi connectivity index (χ0v) is 14.4. The average molecular weight is 304 g/mol. The van der Waals surface area contributed by atoms with Gasteiger partial charge < -0.3 is 4.90 Å². The zero-order valence-electron chi connectivity index (χ0n) is 14.4. The number of nitrogens with zero attached hydrogens (tertiary/aromatic N) is 2. The zero-order chi connectivity index (χ0) is 16.4. The monoisotopic (exact) mass is 304 g/mol. The Hall–Kier alpha value is -2.35. The number of benzene rings is 2. The van der Waals surface area contributed by atoms with Crippen LogP contribution in [-0.4, -0.2) is 10.6 Å². The molecule has 1 atom stereocenters. The topological polar surface area (TPSA) is 15.6 Å². The molecule has 1 aliphatic rings. The van der Waals surface area contributed by atoms with Gasteiger partial charge in [0.2, 0.25) is 0 Å². The summed E-state index contributed by atoms with van der Waals surface area (Å²) in [6.45, 7) is 9.37. The Bertz CT molecular complexity index is 736. The van der Waals surface area contributed by atoms with Crippen molar-refractivity contribution in [2.24, 2.45) is 4.99 Å². The second-order valence-electron chi connectivity index (χ2n) is 6.45. The fourth-order valence-corrected chi connectivity index (χ4v) is 2.97. The summed E-state index contributed by atoms with van der Waals surface area (Å²) in [6, 6.07) is 17.5. The molecule has 2 heteroatoms. The van der Waals surface area contributed by atoms with Crippen LogP contribution in [0.2, 0.25) is 0 Å². The third-order valence-electron chi connectivity index (χ3n) is 4.34. The normalized spacial score (nSPS) is 17.7. The number of aliphatic imine (C=N–C) groups is 1. The van der Waals surface area contributed by atoms with Crippen molar-refractivity contribution in [1.82, 2.24) is 4.90 Å². The molecule has 2 aromatic rings. The van der Waals surface area contributed by atoms with Gasteiger partial charge in [-0.05, 0) is 44.9 Å². The van der Waals surface area contributed by atoms with Crippen LogP contribution in [0.15, 0.2) is 65.3 Å². The average Bonchev–Trinajstić information content (AvgIpc) is 2.52. The second kappa shape index (κ2) is 6.41. The summed E-state index contributed by atoms with van der Waals surface area (Å²) in [5.74, 6) is 0. The van der Waals surface area contributed by atoms with Crippen LogP contribution in [-0.2, 0) is 6.54 Å². The lowest BCUT2D eigenvalue weighted by molar-refractivity contribution is 0.250. The Morgan fingerprint density at radius 1 is 0.826 bits per heavy atom. The molecule has 118 valence electrons. The van der Waals surface area contributed by atoms with Crippen LogP contribution >= 0.6 is 0 Å². The van der Waals surface area contributed by atoms with Crippen LogP contribution in [0.25, 0.3) is 0 Å². The van der Waals surface area contributed by atoms with E-state index in [4.69, 9.17) is 4.99 Å². The fraction of sp³-hybridized carbons (Fsp3) is 0.286. The molecule has 0 radical (unpaired) electrons. The van der Waals surface area contributed by atoms with Crippen molar-refractivity contribution >= 4 is 5.71 Å². The lowest BCUT2D eigenvalue weighted by atomic mass is 10.1. The largest absolute Gasteiger partial charge is 0.345 e. The highest BCUT2D eigenvalue weighted by molar-refractivity contribution is 5.94. The molecule has 3 rings (SSSR count). The van der Waals surface area contributed by atoms with Crippen molar-refractivity contribution in [2.75, 3.05) is 0 Å². The maximum Gasteiger partial charge on any atom is 0.147 e. The quantitative estimate of drug-likeness (QED) is 0.762. The van der Waals surface area contributed by atoms with Gasteiger partial charge in [-0.15, -0.1) is 0 Å². The molecule has 2 nitrogen and oxygen atoms in total. The maximum atomic E-state index is 4.89. The molecule has 0 saturated carbocycles. The van der Waals surface area contributed by atoms with E-state index < -0.39 is 0 Å². The van der Waals surface area contributed by atoms with Crippen LogP contribution < -0.4 is 0 Å². The number of rotatable bonds is 3. The van der Waals surface area contributed by atoms with Crippen molar-refractivity contribution in [3.63, 3.8) is 0 Å². The summed E-state index contributed by atoms with van der Waals surface area (Å²) in [4.78, 5) is 7.27. The summed E-state index contributed by atoms with van der Waals surface area (Å²) in [5.41, 5.74) is 7.49. The van der Waals surface area contributed by atoms with Crippen molar-refractivity contribution in [2.45, 2.75) is 40.4 Å². The summed E-state index contributed by atoms with van der Waals surface area (Å²) >= 11 is 0. The van der Waals surface area contributed by atoms with E-state index in [0.717, 1.165) is 12.3 Å². The molecule has 0 saturated heterocycles. The number of hydrogen-bond donors (Lipinski definition) is 0. The number of allylic oxidation sites excluding steroid dienone is 2. The summed E-state index contributed by atoms with van der Waals surface area (Å²) in [5, 5.41) is 0. The van der Waals surface area contributed by atoms with E-state index in [9.17, 15) is 0 Å². The van der Waals surface area contributed by atoms with E-state index in [1.54, 1.807) is 0 Å². The van der Waals surface area contributed by atoms with E-state index >= 15 is 0 Å². The predicted octanol–water partition coefficient (Wildman–Crippen LogP) is 5.18. The molecule has 2 aromatic carbocycles. The minimum absolute atomic E-state index is 0.0573. The highest BCUT2D eigenvalue weighted by atomic mass is 15.3. The van der Waals surface area contributed by atoms with Crippen LogP contribution in [0.3, 0.4) is 0 Å². The smallest absolute Gasteiger partial charge is 0.147 e. The van der Waals surface area contributed by atoms with E-state index in [1.165, 1.54) is 28.0 Å². The molecule has 0 spiro atoms. The van der Waals surface area contributed by atoms with E-state index in [2.05, 4.69) is 87.2 Å². The summed E-state index contributed by atoms with van der Waals surface area (Å²) < 4.78 is 0. The third-order valence-corrected chi connectivity index (χ3v) is 4.34. The first-order valence-electron chi connectivity index (χ1n) is 8.14. The molecule has 23 heavy (non-hydrogen) atoms. The van der Waals surface area contributed by atoms with Crippen LogP contribution in [0.5, 0.6) is 0 Å². The molecule has 1 unspecified atom stereocenters. The first-order chi connectivity index (χ1) is 11.0. The molecule has 0 aliphatic carbocycles. The summed E-state index contributed by atoms with van der Waals surface area (Å²) in [7, 11) is 0. The fourth-order valence-electron chi connectivity index (χ4n) is 2.97. The van der Waals surface area contributed by atoms with Gasteiger partial charge in [0.15, 0.2) is 0 Å². The highest BCUT2D eigenvalue weighted by Crippen LogP contribution is 2.31. The van der Waals surface area contributed by atoms with Gasteiger partial charge in [-0.25, -0.2) is 0 Å². The van der Waals surface area contributed by atoms with Gasteiger partial charge in [0.1, 0.15) is 6.17 Å². The van der Waals surface area contributed by atoms with E-state index in [-0.39, 0.29) is 6.17 Å². The number of hydrogen-bond acceptors (Lipinski definition) is 2. The van der Waals surface area contributed by atoms with Gasteiger partial charge in [0, 0.05) is 18.0 Å². The molecule has 0 bridgehead atoms.